The molecule has 0 saturated heterocycles. The van der Waals surface area contributed by atoms with Gasteiger partial charge in [-0.1, -0.05) is 66.8 Å². The van der Waals surface area contributed by atoms with E-state index in [1.807, 2.05) is 28.2 Å². The third-order valence-corrected chi connectivity index (χ3v) is 5.33. The molecule has 160 valence electrons. The van der Waals surface area contributed by atoms with E-state index in [0.29, 0.717) is 6.42 Å². The molecule has 0 aliphatic heterocycles. The largest absolute Gasteiger partial charge is 0.396 e. The molecule has 0 aliphatic carbocycles. The number of hydrogen-bond donors (Lipinski definition) is 1. The van der Waals surface area contributed by atoms with Crippen molar-refractivity contribution >= 4 is 35.7 Å². The molecule has 0 saturated carbocycles. The fraction of sp³-hybridized carbons (Fsp3) is 0.214. The molecule has 0 radical (unpaired) electrons. The monoisotopic (exact) mass is 412 g/mol. The number of hydrogen-bond acceptors (Lipinski definition) is 3. The molecule has 3 aromatic rings. The Kier molecular flexibility index (Phi) is 7.69. The summed E-state index contributed by atoms with van der Waals surface area (Å²) in [5.41, 5.74) is 8.12. The Balaban J connectivity index is 1.89. The number of benzene rings is 3. The molecule has 3 nitrogen and oxygen atoms in total. The van der Waals surface area contributed by atoms with Gasteiger partial charge in [-0.2, -0.15) is 0 Å². The van der Waals surface area contributed by atoms with Crippen LogP contribution in [0.25, 0.3) is 24.3 Å². The fourth-order valence-electron chi connectivity index (χ4n) is 3.45. The van der Waals surface area contributed by atoms with Crippen molar-refractivity contribution in [3.8, 4) is 0 Å². The van der Waals surface area contributed by atoms with Gasteiger partial charge in [-0.25, -0.2) is 0 Å². The summed E-state index contributed by atoms with van der Waals surface area (Å²) in [5.74, 6) is 0. The van der Waals surface area contributed by atoms with Gasteiger partial charge in [-0.05, 0) is 58.5 Å². The first kappa shape index (κ1) is 22.4. The van der Waals surface area contributed by atoms with Crippen molar-refractivity contribution < 1.29 is 5.11 Å². The SMILES string of the molecule is CN(C)c1ccc(C=Cc2cccc(CCO)c2C=Cc2ccc(N(C)C)cc2)cc1. The third-order valence-electron chi connectivity index (χ3n) is 5.33. The first-order chi connectivity index (χ1) is 15.0. The molecule has 0 atom stereocenters. The van der Waals surface area contributed by atoms with Crippen LogP contribution in [0.2, 0.25) is 0 Å². The van der Waals surface area contributed by atoms with Crippen molar-refractivity contribution in [2.75, 3.05) is 44.6 Å². The predicted molar refractivity (Wildman–Crippen MR) is 137 cm³/mol. The molecule has 0 aliphatic rings. The van der Waals surface area contributed by atoms with Crippen LogP contribution in [0.15, 0.2) is 66.7 Å². The lowest BCUT2D eigenvalue weighted by Gasteiger charge is -2.12. The van der Waals surface area contributed by atoms with Crippen molar-refractivity contribution in [2.45, 2.75) is 6.42 Å². The second kappa shape index (κ2) is 10.6. The first-order valence-corrected chi connectivity index (χ1v) is 10.6. The summed E-state index contributed by atoms with van der Waals surface area (Å²) in [6.07, 6.45) is 9.23. The van der Waals surface area contributed by atoms with Gasteiger partial charge < -0.3 is 14.9 Å². The maximum atomic E-state index is 9.53. The molecule has 0 heterocycles. The Bertz CT molecular complexity index is 1030. The molecule has 31 heavy (non-hydrogen) atoms. The van der Waals surface area contributed by atoms with Crippen LogP contribution in [0.3, 0.4) is 0 Å². The van der Waals surface area contributed by atoms with E-state index in [4.69, 9.17) is 0 Å². The van der Waals surface area contributed by atoms with Crippen LogP contribution in [-0.4, -0.2) is 39.9 Å². The quantitative estimate of drug-likeness (QED) is 0.481. The molecular weight excluding hydrogens is 380 g/mol. The summed E-state index contributed by atoms with van der Waals surface area (Å²) in [5, 5.41) is 9.53. The predicted octanol–water partition coefficient (Wildman–Crippen LogP) is 5.69. The van der Waals surface area contributed by atoms with Crippen molar-refractivity contribution in [3.05, 3.63) is 94.5 Å². The fourth-order valence-corrected chi connectivity index (χ4v) is 3.45. The van der Waals surface area contributed by atoms with Gasteiger partial charge in [0.15, 0.2) is 0 Å². The topological polar surface area (TPSA) is 26.7 Å². The molecule has 3 aromatic carbocycles. The summed E-state index contributed by atoms with van der Waals surface area (Å²) in [6.45, 7) is 0.136. The highest BCUT2D eigenvalue weighted by atomic mass is 16.2. The summed E-state index contributed by atoms with van der Waals surface area (Å²) in [4.78, 5) is 4.19. The number of rotatable bonds is 8. The zero-order valence-corrected chi connectivity index (χ0v) is 18.9. The molecule has 3 rings (SSSR count). The number of nitrogens with zero attached hydrogens (tertiary/aromatic N) is 2. The Labute approximate surface area is 186 Å². The lowest BCUT2D eigenvalue weighted by molar-refractivity contribution is 0.299. The third kappa shape index (κ3) is 6.09. The van der Waals surface area contributed by atoms with Crippen molar-refractivity contribution in [2.24, 2.45) is 0 Å². The van der Waals surface area contributed by atoms with Crippen molar-refractivity contribution in [1.29, 1.82) is 0 Å². The van der Waals surface area contributed by atoms with Gasteiger partial charge in [0, 0.05) is 46.2 Å². The lowest BCUT2D eigenvalue weighted by Crippen LogP contribution is -2.07. The molecule has 0 spiro atoms. The molecule has 0 unspecified atom stereocenters. The summed E-state index contributed by atoms with van der Waals surface area (Å²) in [7, 11) is 8.18. The summed E-state index contributed by atoms with van der Waals surface area (Å²) < 4.78 is 0. The standard InChI is InChI=1S/C28H32N2O/c1-29(2)26-15-9-22(10-16-26)8-14-24-6-5-7-25(20-21-31)28(24)19-13-23-11-17-27(18-12-23)30(3)4/h5-19,31H,20-21H2,1-4H3. The van der Waals surface area contributed by atoms with Crippen LogP contribution < -0.4 is 9.80 Å². The Hall–Kier alpha value is -3.30. The van der Waals surface area contributed by atoms with Crippen LogP contribution in [0.1, 0.15) is 27.8 Å². The maximum absolute atomic E-state index is 9.53. The molecule has 1 N–H and O–H groups in total. The van der Waals surface area contributed by atoms with Crippen molar-refractivity contribution in [1.82, 2.24) is 0 Å². The second-order valence-electron chi connectivity index (χ2n) is 8.03. The van der Waals surface area contributed by atoms with Gasteiger partial charge in [-0.15, -0.1) is 0 Å². The highest BCUT2D eigenvalue weighted by Gasteiger charge is 2.04. The number of aliphatic hydroxyl groups excluding tert-OH is 1. The van der Waals surface area contributed by atoms with Crippen LogP contribution in [0.5, 0.6) is 0 Å². The Morgan fingerprint density at radius 2 is 1.16 bits per heavy atom. The molecule has 0 amide bonds. The van der Waals surface area contributed by atoms with Crippen LogP contribution in [0.4, 0.5) is 11.4 Å². The molecular formula is C28H32N2O. The zero-order chi connectivity index (χ0) is 22.2. The van der Waals surface area contributed by atoms with Gasteiger partial charge in [0.1, 0.15) is 0 Å². The van der Waals surface area contributed by atoms with Gasteiger partial charge in [0.25, 0.3) is 0 Å². The van der Waals surface area contributed by atoms with E-state index in [1.54, 1.807) is 0 Å². The minimum absolute atomic E-state index is 0.136. The molecule has 3 heteroatoms. The van der Waals surface area contributed by atoms with E-state index in [-0.39, 0.29) is 6.61 Å². The Morgan fingerprint density at radius 3 is 1.65 bits per heavy atom. The van der Waals surface area contributed by atoms with Gasteiger partial charge in [-0.3, -0.25) is 0 Å². The highest BCUT2D eigenvalue weighted by Crippen LogP contribution is 2.23. The summed E-state index contributed by atoms with van der Waals surface area (Å²) in [6, 6.07) is 23.3. The Morgan fingerprint density at radius 1 is 0.645 bits per heavy atom. The number of anilines is 2. The summed E-state index contributed by atoms with van der Waals surface area (Å²) >= 11 is 0. The minimum atomic E-state index is 0.136. The van der Waals surface area contributed by atoms with Gasteiger partial charge >= 0.3 is 0 Å². The van der Waals surface area contributed by atoms with E-state index < -0.39 is 0 Å². The second-order valence-corrected chi connectivity index (χ2v) is 8.03. The average molecular weight is 413 g/mol. The number of aliphatic hydroxyl groups is 1. The zero-order valence-electron chi connectivity index (χ0n) is 18.9. The molecule has 0 fully saturated rings. The van der Waals surface area contributed by atoms with Gasteiger partial charge in [0.05, 0.1) is 0 Å². The normalized spacial score (nSPS) is 11.4. The molecule has 0 aromatic heterocycles. The van der Waals surface area contributed by atoms with Crippen LogP contribution in [-0.2, 0) is 6.42 Å². The minimum Gasteiger partial charge on any atom is -0.396 e. The van der Waals surface area contributed by atoms with E-state index in [9.17, 15) is 5.11 Å². The van der Waals surface area contributed by atoms with Gasteiger partial charge in [0.2, 0.25) is 0 Å². The smallest absolute Gasteiger partial charge is 0.0471 e. The maximum Gasteiger partial charge on any atom is 0.0471 e. The highest BCUT2D eigenvalue weighted by molar-refractivity contribution is 5.81. The average Bonchev–Trinajstić information content (AvgIpc) is 2.77. The van der Waals surface area contributed by atoms with E-state index in [0.717, 1.165) is 27.8 Å². The lowest BCUT2D eigenvalue weighted by atomic mass is 9.97. The first-order valence-electron chi connectivity index (χ1n) is 10.6. The van der Waals surface area contributed by atoms with Crippen LogP contribution >= 0.6 is 0 Å². The van der Waals surface area contributed by atoms with Crippen molar-refractivity contribution in [3.63, 3.8) is 0 Å². The van der Waals surface area contributed by atoms with E-state index >= 15 is 0 Å². The molecule has 0 bridgehead atoms. The van der Waals surface area contributed by atoms with Crippen LogP contribution in [0, 0.1) is 0 Å². The van der Waals surface area contributed by atoms with E-state index in [2.05, 4.69) is 101 Å². The van der Waals surface area contributed by atoms with E-state index in [1.165, 1.54) is 11.4 Å².